The van der Waals surface area contributed by atoms with Crippen molar-refractivity contribution < 1.29 is 0 Å². The minimum absolute atomic E-state index is 0.726. The summed E-state index contributed by atoms with van der Waals surface area (Å²) in [5.41, 5.74) is 4.75. The SMILES string of the molecule is Clc1cccc(-n2nc(Cc3ccccc3)c3c2NCC3)c1. The van der Waals surface area contributed by atoms with Crippen LogP contribution in [0.5, 0.6) is 0 Å². The van der Waals surface area contributed by atoms with Crippen LogP contribution < -0.4 is 5.32 Å². The van der Waals surface area contributed by atoms with E-state index in [0.29, 0.717) is 0 Å². The lowest BCUT2D eigenvalue weighted by atomic mass is 10.1. The summed E-state index contributed by atoms with van der Waals surface area (Å²) in [5.74, 6) is 1.10. The molecule has 22 heavy (non-hydrogen) atoms. The summed E-state index contributed by atoms with van der Waals surface area (Å²) in [4.78, 5) is 0. The predicted octanol–water partition coefficient (Wildman–Crippen LogP) is 4.08. The second-order valence-corrected chi connectivity index (χ2v) is 5.94. The molecule has 4 heteroatoms. The molecule has 3 nitrogen and oxygen atoms in total. The molecule has 0 saturated heterocycles. The van der Waals surface area contributed by atoms with Gasteiger partial charge in [-0.25, -0.2) is 4.68 Å². The normalized spacial score (nSPS) is 13.0. The predicted molar refractivity (Wildman–Crippen MR) is 90.0 cm³/mol. The zero-order valence-corrected chi connectivity index (χ0v) is 12.8. The minimum Gasteiger partial charge on any atom is -0.369 e. The molecule has 0 spiro atoms. The Balaban J connectivity index is 1.77. The van der Waals surface area contributed by atoms with Gasteiger partial charge in [0.1, 0.15) is 5.82 Å². The quantitative estimate of drug-likeness (QED) is 0.790. The van der Waals surface area contributed by atoms with Crippen molar-refractivity contribution >= 4 is 17.4 Å². The number of nitrogens with one attached hydrogen (secondary N) is 1. The fourth-order valence-electron chi connectivity index (χ4n) is 2.97. The van der Waals surface area contributed by atoms with E-state index in [1.54, 1.807) is 0 Å². The number of hydrogen-bond donors (Lipinski definition) is 1. The molecule has 110 valence electrons. The lowest BCUT2D eigenvalue weighted by Gasteiger charge is -2.06. The fourth-order valence-corrected chi connectivity index (χ4v) is 3.16. The Morgan fingerprint density at radius 2 is 1.95 bits per heavy atom. The zero-order valence-electron chi connectivity index (χ0n) is 12.1. The van der Waals surface area contributed by atoms with E-state index in [4.69, 9.17) is 16.7 Å². The van der Waals surface area contributed by atoms with Crippen LogP contribution in [0.4, 0.5) is 5.82 Å². The van der Waals surface area contributed by atoms with Crippen molar-refractivity contribution in [3.05, 3.63) is 76.4 Å². The van der Waals surface area contributed by atoms with E-state index in [1.165, 1.54) is 11.1 Å². The molecule has 4 rings (SSSR count). The van der Waals surface area contributed by atoms with Gasteiger partial charge < -0.3 is 5.32 Å². The van der Waals surface area contributed by atoms with Gasteiger partial charge in [0.15, 0.2) is 0 Å². The highest BCUT2D eigenvalue weighted by atomic mass is 35.5. The molecule has 1 aromatic heterocycles. The molecule has 0 radical (unpaired) electrons. The Labute approximate surface area is 134 Å². The van der Waals surface area contributed by atoms with Crippen LogP contribution in [0.2, 0.25) is 5.02 Å². The largest absolute Gasteiger partial charge is 0.369 e. The van der Waals surface area contributed by atoms with E-state index in [9.17, 15) is 0 Å². The molecule has 0 bridgehead atoms. The first-order valence-electron chi connectivity index (χ1n) is 7.46. The second-order valence-electron chi connectivity index (χ2n) is 5.50. The topological polar surface area (TPSA) is 29.9 Å². The molecule has 2 aromatic carbocycles. The zero-order chi connectivity index (χ0) is 14.9. The van der Waals surface area contributed by atoms with Crippen LogP contribution >= 0.6 is 11.6 Å². The number of fused-ring (bicyclic) bond motifs is 1. The first-order chi connectivity index (χ1) is 10.8. The van der Waals surface area contributed by atoms with Crippen LogP contribution in [0, 0.1) is 0 Å². The van der Waals surface area contributed by atoms with Crippen molar-refractivity contribution in [2.24, 2.45) is 0 Å². The van der Waals surface area contributed by atoms with Gasteiger partial charge in [-0.05, 0) is 30.2 Å². The van der Waals surface area contributed by atoms with Gasteiger partial charge in [-0.2, -0.15) is 5.10 Å². The third kappa shape index (κ3) is 2.38. The van der Waals surface area contributed by atoms with E-state index >= 15 is 0 Å². The Kier molecular flexibility index (Phi) is 3.35. The molecular formula is C18H16ClN3. The summed E-state index contributed by atoms with van der Waals surface area (Å²) in [6, 6.07) is 18.3. The monoisotopic (exact) mass is 309 g/mol. The number of halogens is 1. The number of hydrogen-bond acceptors (Lipinski definition) is 2. The fraction of sp³-hybridized carbons (Fsp3) is 0.167. The lowest BCUT2D eigenvalue weighted by Crippen LogP contribution is -2.05. The van der Waals surface area contributed by atoms with Gasteiger partial charge in [0.25, 0.3) is 0 Å². The van der Waals surface area contributed by atoms with E-state index < -0.39 is 0 Å². The van der Waals surface area contributed by atoms with Crippen LogP contribution in [0.1, 0.15) is 16.8 Å². The van der Waals surface area contributed by atoms with Gasteiger partial charge in [-0.3, -0.25) is 0 Å². The summed E-state index contributed by atoms with van der Waals surface area (Å²) < 4.78 is 1.98. The van der Waals surface area contributed by atoms with Crippen molar-refractivity contribution in [2.45, 2.75) is 12.8 Å². The Hall–Kier alpha value is -2.26. The van der Waals surface area contributed by atoms with Crippen molar-refractivity contribution in [2.75, 3.05) is 11.9 Å². The van der Waals surface area contributed by atoms with Gasteiger partial charge in [-0.1, -0.05) is 48.0 Å². The Morgan fingerprint density at radius 1 is 1.09 bits per heavy atom. The number of nitrogens with zero attached hydrogens (tertiary/aromatic N) is 2. The highest BCUT2D eigenvalue weighted by Crippen LogP contribution is 2.30. The summed E-state index contributed by atoms with van der Waals surface area (Å²) in [6.07, 6.45) is 1.89. The summed E-state index contributed by atoms with van der Waals surface area (Å²) >= 11 is 6.12. The van der Waals surface area contributed by atoms with Crippen molar-refractivity contribution in [3.63, 3.8) is 0 Å². The number of benzene rings is 2. The van der Waals surface area contributed by atoms with Crippen LogP contribution in [-0.2, 0) is 12.8 Å². The van der Waals surface area contributed by atoms with Gasteiger partial charge in [0.05, 0.1) is 11.4 Å². The molecule has 2 heterocycles. The first-order valence-corrected chi connectivity index (χ1v) is 7.83. The highest BCUT2D eigenvalue weighted by Gasteiger charge is 2.22. The van der Waals surface area contributed by atoms with Crippen molar-refractivity contribution in [3.8, 4) is 5.69 Å². The summed E-state index contributed by atoms with van der Waals surface area (Å²) in [5, 5.41) is 9.01. The molecule has 0 saturated carbocycles. The van der Waals surface area contributed by atoms with Crippen LogP contribution in [0.15, 0.2) is 54.6 Å². The highest BCUT2D eigenvalue weighted by molar-refractivity contribution is 6.30. The van der Waals surface area contributed by atoms with E-state index in [0.717, 1.165) is 41.6 Å². The average molecular weight is 310 g/mol. The maximum Gasteiger partial charge on any atom is 0.133 e. The third-order valence-corrected chi connectivity index (χ3v) is 4.24. The Bertz CT molecular complexity index is 808. The number of rotatable bonds is 3. The molecule has 1 aliphatic heterocycles. The molecule has 0 fully saturated rings. The van der Waals surface area contributed by atoms with E-state index in [2.05, 4.69) is 29.6 Å². The van der Waals surface area contributed by atoms with Gasteiger partial charge in [0.2, 0.25) is 0 Å². The maximum absolute atomic E-state index is 6.12. The summed E-state index contributed by atoms with van der Waals surface area (Å²) in [7, 11) is 0. The standard InChI is InChI=1S/C18H16ClN3/c19-14-7-4-8-15(12-14)22-18-16(9-10-20-18)17(21-22)11-13-5-2-1-3-6-13/h1-8,12,20H,9-11H2. The lowest BCUT2D eigenvalue weighted by molar-refractivity contribution is 0.840. The molecule has 1 N–H and O–H groups in total. The van der Waals surface area contributed by atoms with Crippen LogP contribution in [-0.4, -0.2) is 16.3 Å². The van der Waals surface area contributed by atoms with Crippen molar-refractivity contribution in [1.29, 1.82) is 0 Å². The smallest absolute Gasteiger partial charge is 0.133 e. The summed E-state index contributed by atoms with van der Waals surface area (Å²) in [6.45, 7) is 0.968. The molecule has 1 aliphatic rings. The van der Waals surface area contributed by atoms with Gasteiger partial charge in [-0.15, -0.1) is 0 Å². The van der Waals surface area contributed by atoms with Crippen molar-refractivity contribution in [1.82, 2.24) is 9.78 Å². The molecule has 0 amide bonds. The van der Waals surface area contributed by atoms with Crippen LogP contribution in [0.25, 0.3) is 5.69 Å². The molecule has 3 aromatic rings. The number of anilines is 1. The van der Waals surface area contributed by atoms with E-state index in [-0.39, 0.29) is 0 Å². The molecular weight excluding hydrogens is 294 g/mol. The molecule has 0 unspecified atom stereocenters. The van der Waals surface area contributed by atoms with Gasteiger partial charge in [0, 0.05) is 23.6 Å². The number of aromatic nitrogens is 2. The second kappa shape index (κ2) is 5.50. The first kappa shape index (κ1) is 13.4. The third-order valence-electron chi connectivity index (χ3n) is 4.00. The molecule has 0 aliphatic carbocycles. The van der Waals surface area contributed by atoms with Crippen LogP contribution in [0.3, 0.4) is 0 Å². The van der Waals surface area contributed by atoms with Gasteiger partial charge >= 0.3 is 0 Å². The maximum atomic E-state index is 6.12. The Morgan fingerprint density at radius 3 is 2.77 bits per heavy atom. The minimum atomic E-state index is 0.726. The average Bonchev–Trinajstić information content (AvgIpc) is 3.12. The van der Waals surface area contributed by atoms with E-state index in [1.807, 2.05) is 35.0 Å². The molecule has 0 atom stereocenters.